The van der Waals surface area contributed by atoms with E-state index in [-0.39, 0.29) is 5.91 Å². The molecule has 160 valence electrons. The Kier molecular flexibility index (Phi) is 5.78. The number of ether oxygens (including phenoxy) is 1. The Balaban J connectivity index is 1.32. The molecule has 1 aromatic rings. The molecule has 5 saturated carbocycles. The molecular formula is C22H33N3O3S. The Bertz CT molecular complexity index is 703. The number of rotatable bonds is 7. The summed E-state index contributed by atoms with van der Waals surface area (Å²) in [5, 5.41) is 7.95. The van der Waals surface area contributed by atoms with Crippen molar-refractivity contribution in [1.82, 2.24) is 10.5 Å². The second-order valence-corrected chi connectivity index (χ2v) is 10.9. The molecule has 4 bridgehead atoms. The highest BCUT2D eigenvalue weighted by Crippen LogP contribution is 2.53. The number of nitrogens with zero attached hydrogens (tertiary/aromatic N) is 1. The molecule has 0 atom stereocenters. The molecular weight excluding hydrogens is 386 g/mol. The van der Waals surface area contributed by atoms with E-state index in [9.17, 15) is 4.79 Å². The first kappa shape index (κ1) is 19.7. The van der Waals surface area contributed by atoms with E-state index in [4.69, 9.17) is 15.0 Å². The molecule has 0 aromatic carbocycles. The Morgan fingerprint density at radius 3 is 2.45 bits per heavy atom. The Morgan fingerprint density at radius 2 is 1.79 bits per heavy atom. The molecule has 5 aliphatic carbocycles. The topological polar surface area (TPSA) is 90.4 Å². The summed E-state index contributed by atoms with van der Waals surface area (Å²) >= 11 is 1.71. The summed E-state index contributed by atoms with van der Waals surface area (Å²) in [4.78, 5) is 14.0. The molecule has 6 rings (SSSR count). The lowest BCUT2D eigenvalue weighted by molar-refractivity contribution is -0.0124. The van der Waals surface area contributed by atoms with Gasteiger partial charge in [-0.05, 0) is 73.8 Å². The van der Waals surface area contributed by atoms with Crippen molar-refractivity contribution in [2.45, 2.75) is 80.4 Å². The van der Waals surface area contributed by atoms with Crippen molar-refractivity contribution in [1.29, 1.82) is 0 Å². The second kappa shape index (κ2) is 8.50. The SMILES string of the molecule is NCCOc1noc(C(=O)NC2C3CC4CC(C3)CC2C4)c1SC1CCCCC1. The van der Waals surface area contributed by atoms with Crippen LogP contribution in [0.4, 0.5) is 0 Å². The van der Waals surface area contributed by atoms with Crippen molar-refractivity contribution < 1.29 is 14.1 Å². The van der Waals surface area contributed by atoms with Gasteiger partial charge in [-0.2, -0.15) is 0 Å². The fourth-order valence-electron chi connectivity index (χ4n) is 6.49. The molecule has 1 heterocycles. The average Bonchev–Trinajstić information content (AvgIpc) is 3.11. The predicted molar refractivity (Wildman–Crippen MR) is 112 cm³/mol. The summed E-state index contributed by atoms with van der Waals surface area (Å²) in [6, 6.07) is 0.293. The number of nitrogens with two attached hydrogens (primary N) is 1. The van der Waals surface area contributed by atoms with Crippen LogP contribution in [0.5, 0.6) is 5.88 Å². The largest absolute Gasteiger partial charge is 0.473 e. The Hall–Kier alpha value is -1.21. The molecule has 7 heteroatoms. The Morgan fingerprint density at radius 1 is 1.10 bits per heavy atom. The molecule has 0 unspecified atom stereocenters. The lowest BCUT2D eigenvalue weighted by Crippen LogP contribution is -2.55. The van der Waals surface area contributed by atoms with Gasteiger partial charge in [0.1, 0.15) is 11.5 Å². The molecule has 0 aliphatic heterocycles. The number of aromatic nitrogens is 1. The average molecular weight is 420 g/mol. The third-order valence-electron chi connectivity index (χ3n) is 7.54. The predicted octanol–water partition coefficient (Wildman–Crippen LogP) is 3.99. The molecule has 0 spiro atoms. The summed E-state index contributed by atoms with van der Waals surface area (Å²) < 4.78 is 11.3. The standard InChI is InChI=1S/C22H33N3O3S/c23-6-7-27-22-20(29-17-4-2-1-3-5-17)19(28-25-22)21(26)24-18-15-9-13-8-14(11-15)12-16(18)10-13/h13-18H,1-12,23H2,(H,24,26). The summed E-state index contributed by atoms with van der Waals surface area (Å²) in [6.45, 7) is 0.789. The minimum atomic E-state index is -0.115. The van der Waals surface area contributed by atoms with E-state index in [0.29, 0.717) is 47.9 Å². The van der Waals surface area contributed by atoms with Crippen molar-refractivity contribution in [3.63, 3.8) is 0 Å². The highest BCUT2D eigenvalue weighted by atomic mass is 32.2. The van der Waals surface area contributed by atoms with Gasteiger partial charge in [0.05, 0.1) is 0 Å². The fourth-order valence-corrected chi connectivity index (χ4v) is 7.83. The molecule has 1 amide bonds. The van der Waals surface area contributed by atoms with E-state index in [1.807, 2.05) is 0 Å². The van der Waals surface area contributed by atoms with Crippen LogP contribution in [0.3, 0.4) is 0 Å². The molecule has 5 fully saturated rings. The third-order valence-corrected chi connectivity index (χ3v) is 8.94. The second-order valence-electron chi connectivity index (χ2n) is 9.59. The monoisotopic (exact) mass is 419 g/mol. The zero-order valence-corrected chi connectivity index (χ0v) is 17.9. The highest BCUT2D eigenvalue weighted by Gasteiger charge is 2.49. The van der Waals surface area contributed by atoms with E-state index in [2.05, 4.69) is 10.5 Å². The fraction of sp³-hybridized carbons (Fsp3) is 0.818. The molecule has 5 aliphatic rings. The lowest BCUT2D eigenvalue weighted by Gasteiger charge is -2.54. The van der Waals surface area contributed by atoms with Gasteiger partial charge in [0.25, 0.3) is 11.8 Å². The first-order valence-electron chi connectivity index (χ1n) is 11.5. The van der Waals surface area contributed by atoms with Crippen molar-refractivity contribution >= 4 is 17.7 Å². The number of carbonyl (C=O) groups is 1. The van der Waals surface area contributed by atoms with Crippen LogP contribution in [-0.2, 0) is 0 Å². The van der Waals surface area contributed by atoms with Crippen LogP contribution >= 0.6 is 11.8 Å². The first-order valence-corrected chi connectivity index (χ1v) is 12.4. The third kappa shape index (κ3) is 4.05. The van der Waals surface area contributed by atoms with Gasteiger partial charge in [-0.25, -0.2) is 0 Å². The van der Waals surface area contributed by atoms with Gasteiger partial charge in [0, 0.05) is 17.8 Å². The van der Waals surface area contributed by atoms with Gasteiger partial charge in [-0.3, -0.25) is 4.79 Å². The number of amides is 1. The number of nitrogens with one attached hydrogen (secondary N) is 1. The zero-order valence-electron chi connectivity index (χ0n) is 17.1. The van der Waals surface area contributed by atoms with Crippen molar-refractivity contribution in [2.24, 2.45) is 29.4 Å². The van der Waals surface area contributed by atoms with Crippen LogP contribution in [0.1, 0.15) is 74.8 Å². The van der Waals surface area contributed by atoms with E-state index in [1.54, 1.807) is 11.8 Å². The van der Waals surface area contributed by atoms with Crippen molar-refractivity contribution in [3.05, 3.63) is 5.76 Å². The molecule has 6 nitrogen and oxygen atoms in total. The van der Waals surface area contributed by atoms with Crippen LogP contribution in [0.15, 0.2) is 9.42 Å². The summed E-state index contributed by atoms with van der Waals surface area (Å²) in [6.07, 6.45) is 12.7. The highest BCUT2D eigenvalue weighted by molar-refractivity contribution is 8.00. The van der Waals surface area contributed by atoms with Crippen LogP contribution < -0.4 is 15.8 Å². The minimum absolute atomic E-state index is 0.115. The molecule has 29 heavy (non-hydrogen) atoms. The maximum absolute atomic E-state index is 13.2. The maximum Gasteiger partial charge on any atom is 0.291 e. The summed E-state index contributed by atoms with van der Waals surface area (Å²) in [5.41, 5.74) is 5.60. The van der Waals surface area contributed by atoms with Crippen LogP contribution in [0.25, 0.3) is 0 Å². The number of thioether (sulfide) groups is 1. The van der Waals surface area contributed by atoms with Crippen LogP contribution in [0, 0.1) is 23.7 Å². The van der Waals surface area contributed by atoms with Gasteiger partial charge in [0.2, 0.25) is 5.76 Å². The van der Waals surface area contributed by atoms with Gasteiger partial charge < -0.3 is 20.3 Å². The lowest BCUT2D eigenvalue weighted by atomic mass is 9.54. The van der Waals surface area contributed by atoms with Crippen LogP contribution in [-0.4, -0.2) is 35.5 Å². The van der Waals surface area contributed by atoms with Crippen LogP contribution in [0.2, 0.25) is 0 Å². The van der Waals surface area contributed by atoms with Crippen molar-refractivity contribution in [3.8, 4) is 5.88 Å². The van der Waals surface area contributed by atoms with Crippen molar-refractivity contribution in [2.75, 3.05) is 13.2 Å². The van der Waals surface area contributed by atoms with E-state index in [1.165, 1.54) is 64.2 Å². The van der Waals surface area contributed by atoms with Gasteiger partial charge in [-0.15, -0.1) is 11.8 Å². The maximum atomic E-state index is 13.2. The van der Waals surface area contributed by atoms with Gasteiger partial charge in [0.15, 0.2) is 0 Å². The number of carbonyl (C=O) groups excluding carboxylic acids is 1. The number of hydrogen-bond acceptors (Lipinski definition) is 6. The zero-order chi connectivity index (χ0) is 19.8. The summed E-state index contributed by atoms with van der Waals surface area (Å²) in [5.74, 6) is 3.72. The van der Waals surface area contributed by atoms with Gasteiger partial charge >= 0.3 is 0 Å². The first-order chi connectivity index (χ1) is 14.2. The van der Waals surface area contributed by atoms with Gasteiger partial charge in [-0.1, -0.05) is 19.3 Å². The minimum Gasteiger partial charge on any atom is -0.473 e. The van der Waals surface area contributed by atoms with E-state index >= 15 is 0 Å². The van der Waals surface area contributed by atoms with E-state index < -0.39 is 0 Å². The molecule has 1 aromatic heterocycles. The quantitative estimate of drug-likeness (QED) is 0.694. The smallest absolute Gasteiger partial charge is 0.291 e. The molecule has 3 N–H and O–H groups in total. The van der Waals surface area contributed by atoms with E-state index in [0.717, 1.165) is 16.7 Å². The molecule has 0 radical (unpaired) electrons. The Labute approximate surface area is 177 Å². The molecule has 0 saturated heterocycles. The normalized spacial score (nSPS) is 33.8. The number of hydrogen-bond donors (Lipinski definition) is 2. The summed E-state index contributed by atoms with van der Waals surface area (Å²) in [7, 11) is 0.